The molecule has 0 nitrogen and oxygen atoms in total. The van der Waals surface area contributed by atoms with E-state index in [2.05, 4.69) is 25.3 Å². The summed E-state index contributed by atoms with van der Waals surface area (Å²) in [6.07, 6.45) is 4.08. The molecule has 0 N–H and O–H groups in total. The summed E-state index contributed by atoms with van der Waals surface area (Å²) >= 11 is 3.00. The van der Waals surface area contributed by atoms with Gasteiger partial charge in [0, 0.05) is 0 Å². The van der Waals surface area contributed by atoms with Crippen LogP contribution in [0.3, 0.4) is 0 Å². The summed E-state index contributed by atoms with van der Waals surface area (Å²) in [4.78, 5) is 1.01. The summed E-state index contributed by atoms with van der Waals surface area (Å²) < 4.78 is 0. The largest absolute Gasteiger partial charge is 0.147 e. The van der Waals surface area contributed by atoms with Gasteiger partial charge < -0.3 is 0 Å². The molecule has 0 rings (SSSR count). The van der Waals surface area contributed by atoms with Crippen LogP contribution in [0.15, 0.2) is 12.2 Å². The van der Waals surface area contributed by atoms with Crippen LogP contribution in [0, 0.1) is 0 Å². The van der Waals surface area contributed by atoms with Crippen molar-refractivity contribution in [2.75, 3.05) is 0 Å². The minimum absolute atomic E-state index is 0. The molecule has 0 aromatic heterocycles. The molecule has 0 radical (unpaired) electrons. The summed E-state index contributed by atoms with van der Waals surface area (Å²) in [5.74, 6) is 0. The van der Waals surface area contributed by atoms with Gasteiger partial charge in [0.1, 0.15) is 0 Å². The second-order valence-corrected chi connectivity index (χ2v) is 1.33. The van der Waals surface area contributed by atoms with E-state index in [4.69, 9.17) is 0 Å². The summed E-state index contributed by atoms with van der Waals surface area (Å²) in [5, 5.41) is 0. The van der Waals surface area contributed by atoms with Gasteiger partial charge in [-0.3, -0.25) is 0 Å². The van der Waals surface area contributed by atoms with Crippen LogP contribution in [-0.2, 0) is 19.2 Å². The molecular formula is C4H8ClPd. The number of hydrogen-bond donors (Lipinski definition) is 0. The molecule has 0 aromatic rings. The van der Waals surface area contributed by atoms with Crippen molar-refractivity contribution in [1.29, 1.82) is 0 Å². The van der Waals surface area contributed by atoms with Crippen LogP contribution in [0.25, 0.3) is 0 Å². The van der Waals surface area contributed by atoms with Crippen LogP contribution in [0.5, 0.6) is 0 Å². The average Bonchev–Trinajstić information content (AvgIpc) is 1.41. The first-order chi connectivity index (χ1) is 2.41. The van der Waals surface area contributed by atoms with Crippen molar-refractivity contribution in [3.63, 3.8) is 0 Å². The Morgan fingerprint density at radius 2 is 2.17 bits per heavy atom. The first-order valence-corrected chi connectivity index (χ1v) is 2.64. The molecular weight excluding hydrogens is 190 g/mol. The molecule has 0 spiro atoms. The first-order valence-electron chi connectivity index (χ1n) is 1.54. The number of allylic oxidation sites excluding steroid dienone is 2. The number of hydrogen-bond acceptors (Lipinski definition) is 0. The van der Waals surface area contributed by atoms with Crippen LogP contribution in [0.2, 0.25) is 4.89 Å². The maximum atomic E-state index is 3.00. The SMILES string of the molecule is CC=C[CH2][Pd].Cl. The molecule has 0 heterocycles. The summed E-state index contributed by atoms with van der Waals surface area (Å²) in [7, 11) is 0. The molecule has 0 saturated carbocycles. The maximum Gasteiger partial charge on any atom is -0.147 e. The molecule has 0 aliphatic rings. The van der Waals surface area contributed by atoms with Crippen LogP contribution in [0.4, 0.5) is 0 Å². The molecule has 0 aliphatic heterocycles. The van der Waals surface area contributed by atoms with E-state index < -0.39 is 0 Å². The van der Waals surface area contributed by atoms with Gasteiger partial charge in [-0.15, -0.1) is 12.4 Å². The third-order valence-electron chi connectivity index (χ3n) is 0.310. The molecule has 0 fully saturated rings. The van der Waals surface area contributed by atoms with Gasteiger partial charge in [-0.05, 0) is 0 Å². The van der Waals surface area contributed by atoms with Gasteiger partial charge in [-0.25, -0.2) is 0 Å². The molecule has 41 valence electrons. The van der Waals surface area contributed by atoms with Crippen molar-refractivity contribution in [1.82, 2.24) is 0 Å². The van der Waals surface area contributed by atoms with Crippen molar-refractivity contribution in [3.8, 4) is 0 Å². The van der Waals surface area contributed by atoms with Gasteiger partial charge >= 0.3 is 43.2 Å². The molecule has 0 bridgehead atoms. The Morgan fingerprint density at radius 1 is 1.67 bits per heavy atom. The Bertz CT molecular complexity index is 34.5. The molecule has 0 unspecified atom stereocenters. The Hall–Kier alpha value is 0.692. The normalized spacial score (nSPS) is 8.50. The predicted octanol–water partition coefficient (Wildman–Crippen LogP) is 1.95. The van der Waals surface area contributed by atoms with Gasteiger partial charge in [0.15, 0.2) is 0 Å². The molecule has 0 amide bonds. The third-order valence-corrected chi connectivity index (χ3v) is 0.677. The van der Waals surface area contributed by atoms with E-state index in [-0.39, 0.29) is 12.4 Å². The van der Waals surface area contributed by atoms with Gasteiger partial charge in [-0.1, -0.05) is 0 Å². The second-order valence-electron chi connectivity index (χ2n) is 0.698. The molecule has 2 heteroatoms. The Morgan fingerprint density at radius 3 is 2.17 bits per heavy atom. The van der Waals surface area contributed by atoms with Crippen LogP contribution < -0.4 is 0 Å². The Balaban J connectivity index is 0. The number of halogens is 1. The van der Waals surface area contributed by atoms with Gasteiger partial charge in [0.05, 0.1) is 0 Å². The van der Waals surface area contributed by atoms with Crippen molar-refractivity contribution < 1.29 is 19.2 Å². The van der Waals surface area contributed by atoms with E-state index in [1.807, 2.05) is 13.0 Å². The van der Waals surface area contributed by atoms with E-state index >= 15 is 0 Å². The fourth-order valence-corrected chi connectivity index (χ4v) is 0.441. The van der Waals surface area contributed by atoms with E-state index in [9.17, 15) is 0 Å². The quantitative estimate of drug-likeness (QED) is 0.446. The zero-order chi connectivity index (χ0) is 4.12. The topological polar surface area (TPSA) is 0 Å². The smallest absolute Gasteiger partial charge is 0.147 e. The van der Waals surface area contributed by atoms with E-state index in [1.165, 1.54) is 0 Å². The summed E-state index contributed by atoms with van der Waals surface area (Å²) in [6, 6.07) is 0. The fraction of sp³-hybridized carbons (Fsp3) is 0.500. The van der Waals surface area contributed by atoms with E-state index in [0.717, 1.165) is 4.89 Å². The minimum atomic E-state index is 0. The molecule has 0 aliphatic carbocycles. The zero-order valence-corrected chi connectivity index (χ0v) is 5.96. The Kier molecular flexibility index (Phi) is 15.1. The molecule has 6 heavy (non-hydrogen) atoms. The van der Waals surface area contributed by atoms with Crippen molar-refractivity contribution in [3.05, 3.63) is 12.2 Å². The fourth-order valence-electron chi connectivity index (χ4n) is 0.0745. The standard InChI is InChI=1S/C4H7.ClH.Pd/c1-3-4-2;;/h3-4H,1H2,2H3;1H;. The van der Waals surface area contributed by atoms with Crippen LogP contribution >= 0.6 is 12.4 Å². The molecule has 0 aromatic carbocycles. The molecule has 0 saturated heterocycles. The number of rotatable bonds is 1. The zero-order valence-electron chi connectivity index (χ0n) is 3.59. The Labute approximate surface area is 55.8 Å². The van der Waals surface area contributed by atoms with E-state index in [0.29, 0.717) is 0 Å². The monoisotopic (exact) mass is 197 g/mol. The van der Waals surface area contributed by atoms with Crippen molar-refractivity contribution in [2.45, 2.75) is 11.8 Å². The van der Waals surface area contributed by atoms with Crippen molar-refractivity contribution >= 4 is 12.4 Å². The molecule has 0 atom stereocenters. The second kappa shape index (κ2) is 9.19. The first kappa shape index (κ1) is 9.85. The van der Waals surface area contributed by atoms with Gasteiger partial charge in [-0.2, -0.15) is 0 Å². The van der Waals surface area contributed by atoms with Gasteiger partial charge in [0.2, 0.25) is 0 Å². The predicted molar refractivity (Wildman–Crippen MR) is 26.9 cm³/mol. The van der Waals surface area contributed by atoms with Crippen molar-refractivity contribution in [2.24, 2.45) is 0 Å². The summed E-state index contributed by atoms with van der Waals surface area (Å²) in [5.41, 5.74) is 0. The van der Waals surface area contributed by atoms with Crippen LogP contribution in [-0.4, -0.2) is 0 Å². The maximum absolute atomic E-state index is 3.00. The summed E-state index contributed by atoms with van der Waals surface area (Å²) in [6.45, 7) is 2.01. The van der Waals surface area contributed by atoms with Crippen LogP contribution in [0.1, 0.15) is 6.92 Å². The van der Waals surface area contributed by atoms with E-state index in [1.54, 1.807) is 0 Å². The van der Waals surface area contributed by atoms with Gasteiger partial charge in [0.25, 0.3) is 0 Å². The average molecular weight is 198 g/mol. The minimum Gasteiger partial charge on any atom is -0.147 e. The third kappa shape index (κ3) is 8.83.